The lowest BCUT2D eigenvalue weighted by molar-refractivity contribution is 0.403. The predicted molar refractivity (Wildman–Crippen MR) is 90.0 cm³/mol. The minimum Gasteiger partial charge on any atom is -0.135 e. The lowest BCUT2D eigenvalue weighted by Crippen LogP contribution is -2.17. The van der Waals surface area contributed by atoms with Crippen LogP contribution in [0.25, 0.3) is 20.2 Å². The zero-order valence-electron chi connectivity index (χ0n) is 12.6. The molecular weight excluding hydrogens is 260 g/mol. The number of hydrogen-bond acceptors (Lipinski definition) is 1. The van der Waals surface area contributed by atoms with Crippen molar-refractivity contribution >= 4 is 31.5 Å². The Bertz CT molecular complexity index is 833. The highest BCUT2D eigenvalue weighted by Gasteiger charge is 2.42. The minimum absolute atomic E-state index is 0.288. The van der Waals surface area contributed by atoms with Crippen LogP contribution in [0.3, 0.4) is 0 Å². The molecular formula is C19H20S. The van der Waals surface area contributed by atoms with Crippen LogP contribution in [-0.2, 0) is 10.8 Å². The molecule has 1 heteroatoms. The Hall–Kier alpha value is -1.34. The molecule has 1 heterocycles. The van der Waals surface area contributed by atoms with E-state index in [1.54, 1.807) is 11.1 Å². The van der Waals surface area contributed by atoms with Crippen molar-refractivity contribution in [3.63, 3.8) is 0 Å². The van der Waals surface area contributed by atoms with E-state index in [4.69, 9.17) is 0 Å². The summed E-state index contributed by atoms with van der Waals surface area (Å²) >= 11 is 1.93. The van der Waals surface area contributed by atoms with Crippen molar-refractivity contribution in [2.75, 3.05) is 0 Å². The first-order valence-electron chi connectivity index (χ1n) is 7.35. The summed E-state index contributed by atoms with van der Waals surface area (Å²) in [6.07, 6.45) is 1.24. The molecule has 0 fully saturated rings. The summed E-state index contributed by atoms with van der Waals surface area (Å²) in [5.41, 5.74) is 3.69. The van der Waals surface area contributed by atoms with Gasteiger partial charge in [-0.3, -0.25) is 0 Å². The summed E-state index contributed by atoms with van der Waals surface area (Å²) in [6.45, 7) is 9.56. The van der Waals surface area contributed by atoms with E-state index in [2.05, 4.69) is 64.1 Å². The second kappa shape index (κ2) is 3.65. The van der Waals surface area contributed by atoms with Gasteiger partial charge < -0.3 is 0 Å². The summed E-state index contributed by atoms with van der Waals surface area (Å²) < 4.78 is 2.84. The van der Waals surface area contributed by atoms with Gasteiger partial charge >= 0.3 is 0 Å². The Labute approximate surface area is 124 Å². The van der Waals surface area contributed by atoms with E-state index in [9.17, 15) is 0 Å². The first kappa shape index (κ1) is 12.4. The number of fused-ring (bicyclic) bond motifs is 4. The summed E-state index contributed by atoms with van der Waals surface area (Å²) in [5, 5.41) is 2.85. The van der Waals surface area contributed by atoms with Crippen molar-refractivity contribution in [2.45, 2.75) is 44.9 Å². The summed E-state index contributed by atoms with van der Waals surface area (Å²) in [4.78, 5) is 0. The Morgan fingerprint density at radius 1 is 0.800 bits per heavy atom. The second-order valence-corrected chi connectivity index (χ2v) is 8.52. The molecule has 20 heavy (non-hydrogen) atoms. The van der Waals surface area contributed by atoms with Gasteiger partial charge in [0.2, 0.25) is 0 Å². The third kappa shape index (κ3) is 1.53. The van der Waals surface area contributed by atoms with E-state index in [1.807, 2.05) is 11.3 Å². The van der Waals surface area contributed by atoms with Crippen LogP contribution in [0, 0.1) is 0 Å². The molecule has 0 aliphatic heterocycles. The van der Waals surface area contributed by atoms with Gasteiger partial charge in [0.15, 0.2) is 0 Å². The van der Waals surface area contributed by atoms with Gasteiger partial charge in [0, 0.05) is 20.2 Å². The molecule has 0 bridgehead atoms. The van der Waals surface area contributed by atoms with Gasteiger partial charge in [-0.15, -0.1) is 11.3 Å². The molecule has 4 rings (SSSR count). The van der Waals surface area contributed by atoms with Gasteiger partial charge in [-0.2, -0.15) is 0 Å². The molecule has 1 aliphatic rings. The average molecular weight is 280 g/mol. The Balaban J connectivity index is 2.14. The second-order valence-electron chi connectivity index (χ2n) is 7.44. The SMILES string of the molecule is CC1(C)CC(C)(C)c2cc3c(cc21)sc1ccccc13. The smallest absolute Gasteiger partial charge is 0.0358 e. The van der Waals surface area contributed by atoms with Gasteiger partial charge in [0.1, 0.15) is 0 Å². The van der Waals surface area contributed by atoms with E-state index in [-0.39, 0.29) is 5.41 Å². The normalized spacial score (nSPS) is 19.6. The highest BCUT2D eigenvalue weighted by atomic mass is 32.1. The quantitative estimate of drug-likeness (QED) is 0.473. The van der Waals surface area contributed by atoms with Crippen molar-refractivity contribution in [3.05, 3.63) is 47.5 Å². The van der Waals surface area contributed by atoms with Crippen molar-refractivity contribution in [1.82, 2.24) is 0 Å². The number of thiophene rings is 1. The average Bonchev–Trinajstić information content (AvgIpc) is 2.81. The van der Waals surface area contributed by atoms with E-state index in [1.165, 1.54) is 26.6 Å². The van der Waals surface area contributed by atoms with Crippen LogP contribution in [0.4, 0.5) is 0 Å². The molecule has 0 unspecified atom stereocenters. The Morgan fingerprint density at radius 3 is 2.20 bits per heavy atom. The molecule has 0 amide bonds. The summed E-state index contributed by atoms with van der Waals surface area (Å²) in [5.74, 6) is 0. The minimum atomic E-state index is 0.288. The van der Waals surface area contributed by atoms with E-state index in [0.29, 0.717) is 5.41 Å². The van der Waals surface area contributed by atoms with Gasteiger partial charge in [-0.1, -0.05) is 45.9 Å². The third-order valence-electron chi connectivity index (χ3n) is 4.86. The largest absolute Gasteiger partial charge is 0.135 e. The van der Waals surface area contributed by atoms with Crippen molar-refractivity contribution in [1.29, 1.82) is 0 Å². The lowest BCUT2D eigenvalue weighted by Gasteiger charge is -2.22. The molecule has 0 radical (unpaired) electrons. The highest BCUT2D eigenvalue weighted by molar-refractivity contribution is 7.25. The maximum Gasteiger partial charge on any atom is 0.0358 e. The molecule has 1 aliphatic carbocycles. The first-order valence-corrected chi connectivity index (χ1v) is 8.16. The van der Waals surface area contributed by atoms with Crippen LogP contribution in [0.15, 0.2) is 36.4 Å². The van der Waals surface area contributed by atoms with E-state index < -0.39 is 0 Å². The highest BCUT2D eigenvalue weighted by Crippen LogP contribution is 2.51. The van der Waals surface area contributed by atoms with Crippen LogP contribution in [0.5, 0.6) is 0 Å². The number of hydrogen-bond donors (Lipinski definition) is 0. The summed E-state index contributed by atoms with van der Waals surface area (Å²) in [6, 6.07) is 13.7. The van der Waals surface area contributed by atoms with Crippen LogP contribution >= 0.6 is 11.3 Å². The fourth-order valence-corrected chi connectivity index (χ4v) is 5.31. The molecule has 0 nitrogen and oxygen atoms in total. The standard InChI is InChI=1S/C19H20S/c1-18(2)11-19(3,4)15-10-17-13(9-14(15)18)12-7-5-6-8-16(12)20-17/h5-10H,11H2,1-4H3. The van der Waals surface area contributed by atoms with Crippen LogP contribution in [-0.4, -0.2) is 0 Å². The zero-order chi connectivity index (χ0) is 14.1. The third-order valence-corrected chi connectivity index (χ3v) is 5.99. The maximum atomic E-state index is 2.47. The van der Waals surface area contributed by atoms with Crippen LogP contribution in [0.1, 0.15) is 45.2 Å². The summed E-state index contributed by atoms with van der Waals surface area (Å²) in [7, 11) is 0. The van der Waals surface area contributed by atoms with Crippen LogP contribution in [0.2, 0.25) is 0 Å². The molecule has 0 saturated carbocycles. The monoisotopic (exact) mass is 280 g/mol. The maximum absolute atomic E-state index is 2.47. The first-order chi connectivity index (χ1) is 9.38. The fourth-order valence-electron chi connectivity index (χ4n) is 4.19. The van der Waals surface area contributed by atoms with Crippen molar-refractivity contribution < 1.29 is 0 Å². The fraction of sp³-hybridized carbons (Fsp3) is 0.368. The molecule has 0 atom stereocenters. The number of rotatable bonds is 0. The van der Waals surface area contributed by atoms with Gasteiger partial charge in [0.05, 0.1) is 0 Å². The topological polar surface area (TPSA) is 0 Å². The zero-order valence-corrected chi connectivity index (χ0v) is 13.4. The van der Waals surface area contributed by atoms with Crippen molar-refractivity contribution in [3.8, 4) is 0 Å². The molecule has 0 saturated heterocycles. The lowest BCUT2D eigenvalue weighted by atomic mass is 9.82. The molecule has 0 N–H and O–H groups in total. The van der Waals surface area contributed by atoms with E-state index in [0.717, 1.165) is 0 Å². The van der Waals surface area contributed by atoms with Crippen molar-refractivity contribution in [2.24, 2.45) is 0 Å². The van der Waals surface area contributed by atoms with Crippen LogP contribution < -0.4 is 0 Å². The molecule has 1 aromatic heterocycles. The number of benzene rings is 2. The molecule has 3 aromatic rings. The van der Waals surface area contributed by atoms with Gasteiger partial charge in [0.25, 0.3) is 0 Å². The Kier molecular flexibility index (Phi) is 2.26. The molecule has 102 valence electrons. The van der Waals surface area contributed by atoms with Gasteiger partial charge in [-0.25, -0.2) is 0 Å². The molecule has 0 spiro atoms. The van der Waals surface area contributed by atoms with E-state index >= 15 is 0 Å². The van der Waals surface area contributed by atoms with Gasteiger partial charge in [-0.05, 0) is 46.6 Å². The Morgan fingerprint density at radius 2 is 1.45 bits per heavy atom. The predicted octanol–water partition coefficient (Wildman–Crippen LogP) is 6.01. The molecule has 2 aromatic carbocycles.